The summed E-state index contributed by atoms with van der Waals surface area (Å²) in [4.78, 5) is 0. The van der Waals surface area contributed by atoms with Gasteiger partial charge in [0.1, 0.15) is 11.9 Å². The molecule has 140 valence electrons. The van der Waals surface area contributed by atoms with Gasteiger partial charge in [-0.25, -0.2) is 0 Å². The van der Waals surface area contributed by atoms with Gasteiger partial charge in [-0.05, 0) is 99.1 Å². The third-order valence-electron chi connectivity index (χ3n) is 5.62. The summed E-state index contributed by atoms with van der Waals surface area (Å²) >= 11 is 3.57. The van der Waals surface area contributed by atoms with Gasteiger partial charge in [-0.15, -0.1) is 0 Å². The average Bonchev–Trinajstić information content (AvgIpc) is 2.54. The molecule has 1 saturated carbocycles. The van der Waals surface area contributed by atoms with Gasteiger partial charge >= 0.3 is 0 Å². The van der Waals surface area contributed by atoms with E-state index in [1.807, 2.05) is 18.2 Å². The van der Waals surface area contributed by atoms with Crippen LogP contribution in [0.3, 0.4) is 0 Å². The standard InChI is InChI=1S/C20H31BrN2O2/c1-13(14-6-8-22-9-7-14)23-16-11-17(12-16)25-19-5-4-15(10-18(19)21)20(2,3)24/h4-5,10,13-14,16-17,22-24H,6-9,11-12H2,1-3H3. The van der Waals surface area contributed by atoms with Crippen molar-refractivity contribution in [2.45, 2.75) is 70.2 Å². The summed E-state index contributed by atoms with van der Waals surface area (Å²) in [6, 6.07) is 7.00. The summed E-state index contributed by atoms with van der Waals surface area (Å²) < 4.78 is 7.04. The molecule has 3 rings (SSSR count). The molecule has 1 aliphatic carbocycles. The van der Waals surface area contributed by atoms with Gasteiger partial charge in [-0.1, -0.05) is 6.07 Å². The zero-order valence-electron chi connectivity index (χ0n) is 15.5. The van der Waals surface area contributed by atoms with E-state index < -0.39 is 5.60 Å². The fraction of sp³-hybridized carbons (Fsp3) is 0.700. The summed E-state index contributed by atoms with van der Waals surface area (Å²) in [5.41, 5.74) is 0.0489. The van der Waals surface area contributed by atoms with Crippen molar-refractivity contribution in [1.82, 2.24) is 10.6 Å². The highest BCUT2D eigenvalue weighted by Crippen LogP contribution is 2.34. The number of piperidine rings is 1. The van der Waals surface area contributed by atoms with E-state index in [2.05, 4.69) is 33.5 Å². The monoisotopic (exact) mass is 410 g/mol. The van der Waals surface area contributed by atoms with E-state index in [9.17, 15) is 5.11 Å². The van der Waals surface area contributed by atoms with Crippen LogP contribution in [0.25, 0.3) is 0 Å². The van der Waals surface area contributed by atoms with Crippen molar-refractivity contribution in [3.8, 4) is 5.75 Å². The quantitative estimate of drug-likeness (QED) is 0.670. The molecule has 0 bridgehead atoms. The Bertz CT molecular complexity index is 576. The minimum absolute atomic E-state index is 0.280. The molecular formula is C20H31BrN2O2. The molecule has 1 atom stereocenters. The SMILES string of the molecule is CC(NC1CC(Oc2ccc(C(C)(C)O)cc2Br)C1)C1CCNCC1. The summed E-state index contributed by atoms with van der Waals surface area (Å²) in [7, 11) is 0. The van der Waals surface area contributed by atoms with Crippen molar-refractivity contribution < 1.29 is 9.84 Å². The van der Waals surface area contributed by atoms with Crippen LogP contribution >= 0.6 is 15.9 Å². The molecule has 25 heavy (non-hydrogen) atoms. The predicted molar refractivity (Wildman–Crippen MR) is 105 cm³/mol. The minimum Gasteiger partial charge on any atom is -0.489 e. The van der Waals surface area contributed by atoms with Gasteiger partial charge in [-0.2, -0.15) is 0 Å². The molecule has 4 nitrogen and oxygen atoms in total. The molecule has 2 fully saturated rings. The van der Waals surface area contributed by atoms with Crippen LogP contribution < -0.4 is 15.4 Å². The molecule has 0 amide bonds. The van der Waals surface area contributed by atoms with Crippen molar-refractivity contribution in [2.24, 2.45) is 5.92 Å². The van der Waals surface area contributed by atoms with Gasteiger partial charge in [0.25, 0.3) is 0 Å². The number of nitrogens with one attached hydrogen (secondary N) is 2. The molecule has 0 aromatic heterocycles. The summed E-state index contributed by atoms with van der Waals surface area (Å²) in [6.07, 6.45) is 4.97. The molecule has 5 heteroatoms. The lowest BCUT2D eigenvalue weighted by atomic mass is 9.85. The number of ether oxygens (including phenoxy) is 1. The first kappa shape index (κ1) is 19.2. The highest BCUT2D eigenvalue weighted by molar-refractivity contribution is 9.10. The Kier molecular flexibility index (Phi) is 6.09. The van der Waals surface area contributed by atoms with Crippen LogP contribution in [0.1, 0.15) is 52.0 Å². The van der Waals surface area contributed by atoms with E-state index in [0.717, 1.165) is 47.6 Å². The molecule has 1 unspecified atom stereocenters. The Morgan fingerprint density at radius 1 is 1.28 bits per heavy atom. The zero-order chi connectivity index (χ0) is 18.0. The number of hydrogen-bond donors (Lipinski definition) is 3. The fourth-order valence-electron chi connectivity index (χ4n) is 3.81. The lowest BCUT2D eigenvalue weighted by Gasteiger charge is -2.40. The van der Waals surface area contributed by atoms with Crippen LogP contribution in [0, 0.1) is 5.92 Å². The predicted octanol–water partition coefficient (Wildman–Crippen LogP) is 3.56. The van der Waals surface area contributed by atoms with E-state index in [1.54, 1.807) is 13.8 Å². The molecule has 3 N–H and O–H groups in total. The third-order valence-corrected chi connectivity index (χ3v) is 6.24. The van der Waals surface area contributed by atoms with E-state index >= 15 is 0 Å². The Labute approximate surface area is 159 Å². The van der Waals surface area contributed by atoms with Gasteiger partial charge < -0.3 is 20.5 Å². The van der Waals surface area contributed by atoms with Crippen molar-refractivity contribution in [3.63, 3.8) is 0 Å². The summed E-state index contributed by atoms with van der Waals surface area (Å²) in [5.74, 6) is 1.66. The van der Waals surface area contributed by atoms with E-state index in [4.69, 9.17) is 4.74 Å². The molecule has 0 radical (unpaired) electrons. The largest absolute Gasteiger partial charge is 0.489 e. The van der Waals surface area contributed by atoms with Crippen molar-refractivity contribution in [2.75, 3.05) is 13.1 Å². The summed E-state index contributed by atoms with van der Waals surface area (Å²) in [6.45, 7) is 8.22. The molecular weight excluding hydrogens is 380 g/mol. The average molecular weight is 411 g/mol. The maximum atomic E-state index is 10.1. The Balaban J connectivity index is 1.45. The third kappa shape index (κ3) is 4.97. The Morgan fingerprint density at radius 2 is 1.96 bits per heavy atom. The molecule has 1 heterocycles. The smallest absolute Gasteiger partial charge is 0.133 e. The van der Waals surface area contributed by atoms with Gasteiger partial charge in [0, 0.05) is 12.1 Å². The van der Waals surface area contributed by atoms with Crippen LogP contribution in [0.15, 0.2) is 22.7 Å². The van der Waals surface area contributed by atoms with Crippen LogP contribution in [0.4, 0.5) is 0 Å². The zero-order valence-corrected chi connectivity index (χ0v) is 17.1. The fourth-order valence-corrected chi connectivity index (χ4v) is 4.28. The molecule has 1 aliphatic heterocycles. The second-order valence-corrected chi connectivity index (χ2v) is 9.01. The maximum Gasteiger partial charge on any atom is 0.133 e. The van der Waals surface area contributed by atoms with Gasteiger partial charge in [0.2, 0.25) is 0 Å². The van der Waals surface area contributed by atoms with Gasteiger partial charge in [-0.3, -0.25) is 0 Å². The number of halogens is 1. The second-order valence-electron chi connectivity index (χ2n) is 8.16. The normalized spacial score (nSPS) is 26.1. The number of benzene rings is 1. The van der Waals surface area contributed by atoms with E-state index in [0.29, 0.717) is 12.1 Å². The number of hydrogen-bond acceptors (Lipinski definition) is 4. The highest BCUT2D eigenvalue weighted by Gasteiger charge is 2.33. The Morgan fingerprint density at radius 3 is 2.56 bits per heavy atom. The first-order valence-electron chi connectivity index (χ1n) is 9.49. The van der Waals surface area contributed by atoms with Crippen molar-refractivity contribution in [1.29, 1.82) is 0 Å². The summed E-state index contributed by atoms with van der Waals surface area (Å²) in [5, 5.41) is 17.3. The van der Waals surface area contributed by atoms with Crippen LogP contribution in [-0.2, 0) is 5.60 Å². The molecule has 1 aromatic carbocycles. The first-order chi connectivity index (χ1) is 11.8. The molecule has 1 saturated heterocycles. The van der Waals surface area contributed by atoms with Crippen molar-refractivity contribution >= 4 is 15.9 Å². The molecule has 0 spiro atoms. The molecule has 1 aromatic rings. The van der Waals surface area contributed by atoms with Crippen LogP contribution in [0.5, 0.6) is 5.75 Å². The maximum absolute atomic E-state index is 10.1. The number of rotatable bonds is 6. The van der Waals surface area contributed by atoms with Crippen LogP contribution in [0.2, 0.25) is 0 Å². The topological polar surface area (TPSA) is 53.5 Å². The first-order valence-corrected chi connectivity index (χ1v) is 10.3. The minimum atomic E-state index is -0.836. The number of aliphatic hydroxyl groups is 1. The second kappa shape index (κ2) is 7.95. The lowest BCUT2D eigenvalue weighted by Crippen LogP contribution is -2.52. The van der Waals surface area contributed by atoms with E-state index in [-0.39, 0.29) is 6.10 Å². The van der Waals surface area contributed by atoms with Crippen LogP contribution in [-0.4, -0.2) is 36.4 Å². The van der Waals surface area contributed by atoms with Gasteiger partial charge in [0.15, 0.2) is 0 Å². The van der Waals surface area contributed by atoms with Crippen molar-refractivity contribution in [3.05, 3.63) is 28.2 Å². The Hall–Kier alpha value is -0.620. The van der Waals surface area contributed by atoms with E-state index in [1.165, 1.54) is 12.8 Å². The molecule has 2 aliphatic rings. The highest BCUT2D eigenvalue weighted by atomic mass is 79.9. The van der Waals surface area contributed by atoms with Gasteiger partial charge in [0.05, 0.1) is 10.1 Å². The lowest BCUT2D eigenvalue weighted by molar-refractivity contribution is 0.0722.